The topological polar surface area (TPSA) is 48.1 Å². The van der Waals surface area contributed by atoms with Gasteiger partial charge in [-0.3, -0.25) is 0 Å². The van der Waals surface area contributed by atoms with Gasteiger partial charge in [0.15, 0.2) is 0 Å². The van der Waals surface area contributed by atoms with Crippen LogP contribution in [0.3, 0.4) is 0 Å². The maximum Gasteiger partial charge on any atom is 0.219 e. The lowest BCUT2D eigenvalue weighted by atomic mass is 10.0. The van der Waals surface area contributed by atoms with Gasteiger partial charge in [-0.25, -0.2) is 4.98 Å². The Kier molecular flexibility index (Phi) is 4.17. The molecule has 0 spiro atoms. The predicted molar refractivity (Wildman–Crippen MR) is 77.4 cm³/mol. The summed E-state index contributed by atoms with van der Waals surface area (Å²) in [4.78, 5) is 4.25. The Bertz CT molecular complexity index is 466. The molecular weight excluding hydrogens is 236 g/mol. The van der Waals surface area contributed by atoms with Crippen LogP contribution < -0.4 is 10.5 Å². The Labute approximate surface area is 114 Å². The van der Waals surface area contributed by atoms with Crippen LogP contribution in [0, 0.1) is 0 Å². The molecule has 1 aromatic carbocycles. The zero-order valence-corrected chi connectivity index (χ0v) is 11.6. The summed E-state index contributed by atoms with van der Waals surface area (Å²) >= 11 is 0. The summed E-state index contributed by atoms with van der Waals surface area (Å²) in [6.07, 6.45) is 1.75. The molecule has 2 N–H and O–H groups in total. The minimum Gasteiger partial charge on any atom is -0.439 e. The van der Waals surface area contributed by atoms with Crippen molar-refractivity contribution in [1.29, 1.82) is 0 Å². The molecular formula is C16H20N2O. The Balaban J connectivity index is 2.08. The smallest absolute Gasteiger partial charge is 0.219 e. The molecule has 2 aromatic rings. The van der Waals surface area contributed by atoms with Gasteiger partial charge < -0.3 is 10.5 Å². The van der Waals surface area contributed by atoms with Crippen LogP contribution >= 0.6 is 0 Å². The molecule has 1 aromatic heterocycles. The van der Waals surface area contributed by atoms with Gasteiger partial charge in [0.1, 0.15) is 5.75 Å². The summed E-state index contributed by atoms with van der Waals surface area (Å²) in [7, 11) is 0. The molecule has 0 fully saturated rings. The van der Waals surface area contributed by atoms with E-state index < -0.39 is 0 Å². The Morgan fingerprint density at radius 1 is 0.947 bits per heavy atom. The largest absolute Gasteiger partial charge is 0.439 e. The van der Waals surface area contributed by atoms with Crippen LogP contribution in [-0.4, -0.2) is 4.98 Å². The average Bonchev–Trinajstić information content (AvgIpc) is 2.40. The fraction of sp³-hybridized carbons (Fsp3) is 0.312. The van der Waals surface area contributed by atoms with E-state index in [1.807, 2.05) is 31.2 Å². The second-order valence-electron chi connectivity index (χ2n) is 5.04. The van der Waals surface area contributed by atoms with Gasteiger partial charge in [-0.15, -0.1) is 0 Å². The number of nitrogens with two attached hydrogens (primary N) is 1. The molecule has 0 unspecified atom stereocenters. The molecule has 19 heavy (non-hydrogen) atoms. The highest BCUT2D eigenvalue weighted by Crippen LogP contribution is 2.23. The van der Waals surface area contributed by atoms with Gasteiger partial charge in [0.25, 0.3) is 0 Å². The predicted octanol–water partition coefficient (Wildman–Crippen LogP) is 4.02. The standard InChI is InChI=1S/C16H20N2O/c1-11(2)13-4-7-15(8-5-13)19-16-9-6-14(10-18-16)12(3)17/h4-12H,17H2,1-3H3/t12-/m1/s1. The van der Waals surface area contributed by atoms with Crippen molar-refractivity contribution in [1.82, 2.24) is 4.98 Å². The first-order valence-electron chi connectivity index (χ1n) is 6.55. The zero-order chi connectivity index (χ0) is 13.8. The molecule has 0 saturated carbocycles. The summed E-state index contributed by atoms with van der Waals surface area (Å²) in [5.74, 6) is 1.91. The van der Waals surface area contributed by atoms with Crippen molar-refractivity contribution in [2.75, 3.05) is 0 Å². The SMILES string of the molecule is CC(C)c1ccc(Oc2ccc([C@@H](C)N)cn2)cc1. The van der Waals surface area contributed by atoms with Crippen LogP contribution in [0.4, 0.5) is 0 Å². The summed E-state index contributed by atoms with van der Waals surface area (Å²) in [5, 5.41) is 0. The van der Waals surface area contributed by atoms with Crippen molar-refractivity contribution < 1.29 is 4.74 Å². The molecule has 0 aliphatic rings. The molecule has 0 aliphatic carbocycles. The van der Waals surface area contributed by atoms with Crippen LogP contribution in [0.2, 0.25) is 0 Å². The van der Waals surface area contributed by atoms with E-state index in [0.29, 0.717) is 11.8 Å². The first-order chi connectivity index (χ1) is 9.06. The number of nitrogens with zero attached hydrogens (tertiary/aromatic N) is 1. The maximum absolute atomic E-state index is 5.78. The third-order valence-corrected chi connectivity index (χ3v) is 3.05. The molecule has 2 rings (SSSR count). The number of benzene rings is 1. The highest BCUT2D eigenvalue weighted by molar-refractivity contribution is 5.32. The Morgan fingerprint density at radius 3 is 2.05 bits per heavy atom. The quantitative estimate of drug-likeness (QED) is 0.898. The van der Waals surface area contributed by atoms with Crippen LogP contribution in [-0.2, 0) is 0 Å². The van der Waals surface area contributed by atoms with Crippen LogP contribution in [0.25, 0.3) is 0 Å². The molecule has 3 heteroatoms. The summed E-state index contributed by atoms with van der Waals surface area (Å²) in [6.45, 7) is 6.27. The van der Waals surface area contributed by atoms with Gasteiger partial charge in [-0.05, 0) is 36.1 Å². The fourth-order valence-electron chi connectivity index (χ4n) is 1.76. The maximum atomic E-state index is 5.78. The Hall–Kier alpha value is -1.87. The molecule has 0 amide bonds. The first kappa shape index (κ1) is 13.6. The highest BCUT2D eigenvalue weighted by Gasteiger charge is 2.03. The van der Waals surface area contributed by atoms with Gasteiger partial charge in [-0.2, -0.15) is 0 Å². The van der Waals surface area contributed by atoms with Crippen molar-refractivity contribution in [2.45, 2.75) is 32.7 Å². The van der Waals surface area contributed by atoms with E-state index in [0.717, 1.165) is 11.3 Å². The molecule has 100 valence electrons. The lowest BCUT2D eigenvalue weighted by molar-refractivity contribution is 0.462. The van der Waals surface area contributed by atoms with E-state index in [-0.39, 0.29) is 6.04 Å². The van der Waals surface area contributed by atoms with Gasteiger partial charge in [0, 0.05) is 18.3 Å². The lowest BCUT2D eigenvalue weighted by Crippen LogP contribution is -2.05. The lowest BCUT2D eigenvalue weighted by Gasteiger charge is -2.09. The second kappa shape index (κ2) is 5.85. The number of ether oxygens (including phenoxy) is 1. The van der Waals surface area contributed by atoms with E-state index >= 15 is 0 Å². The summed E-state index contributed by atoms with van der Waals surface area (Å²) in [5.41, 5.74) is 8.08. The van der Waals surface area contributed by atoms with E-state index in [1.165, 1.54) is 5.56 Å². The fourth-order valence-corrected chi connectivity index (χ4v) is 1.76. The number of pyridine rings is 1. The van der Waals surface area contributed by atoms with Crippen molar-refractivity contribution in [3.63, 3.8) is 0 Å². The van der Waals surface area contributed by atoms with Crippen LogP contribution in [0.15, 0.2) is 42.6 Å². The van der Waals surface area contributed by atoms with Gasteiger partial charge in [0.2, 0.25) is 5.88 Å². The van der Waals surface area contributed by atoms with Gasteiger partial charge >= 0.3 is 0 Å². The number of aromatic nitrogens is 1. The van der Waals surface area contributed by atoms with Crippen molar-refractivity contribution in [3.8, 4) is 11.6 Å². The molecule has 1 atom stereocenters. The van der Waals surface area contributed by atoms with E-state index in [1.54, 1.807) is 6.20 Å². The molecule has 0 aliphatic heterocycles. The molecule has 3 nitrogen and oxygen atoms in total. The van der Waals surface area contributed by atoms with Crippen molar-refractivity contribution >= 4 is 0 Å². The van der Waals surface area contributed by atoms with Crippen LogP contribution in [0.1, 0.15) is 43.9 Å². The van der Waals surface area contributed by atoms with E-state index in [9.17, 15) is 0 Å². The number of hydrogen-bond acceptors (Lipinski definition) is 3. The summed E-state index contributed by atoms with van der Waals surface area (Å²) < 4.78 is 5.70. The molecule has 0 saturated heterocycles. The average molecular weight is 256 g/mol. The normalized spacial score (nSPS) is 12.5. The monoisotopic (exact) mass is 256 g/mol. The summed E-state index contributed by atoms with van der Waals surface area (Å²) in [6, 6.07) is 11.9. The van der Waals surface area contributed by atoms with E-state index in [4.69, 9.17) is 10.5 Å². The van der Waals surface area contributed by atoms with Gasteiger partial charge in [0.05, 0.1) is 0 Å². The van der Waals surface area contributed by atoms with Gasteiger partial charge in [-0.1, -0.05) is 32.0 Å². The van der Waals surface area contributed by atoms with Crippen molar-refractivity contribution in [3.05, 3.63) is 53.7 Å². The zero-order valence-electron chi connectivity index (χ0n) is 11.6. The third-order valence-electron chi connectivity index (χ3n) is 3.05. The number of rotatable bonds is 4. The molecule has 1 heterocycles. The minimum absolute atomic E-state index is 0.00752. The number of hydrogen-bond donors (Lipinski definition) is 1. The highest BCUT2D eigenvalue weighted by atomic mass is 16.5. The van der Waals surface area contributed by atoms with E-state index in [2.05, 4.69) is 31.0 Å². The second-order valence-corrected chi connectivity index (χ2v) is 5.04. The van der Waals surface area contributed by atoms with Crippen molar-refractivity contribution in [2.24, 2.45) is 5.73 Å². The third kappa shape index (κ3) is 3.55. The Morgan fingerprint density at radius 2 is 1.58 bits per heavy atom. The van der Waals surface area contributed by atoms with Crippen LogP contribution in [0.5, 0.6) is 11.6 Å². The molecule has 0 radical (unpaired) electrons. The molecule has 0 bridgehead atoms. The first-order valence-corrected chi connectivity index (χ1v) is 6.55. The minimum atomic E-state index is -0.00752.